The highest BCUT2D eigenvalue weighted by Crippen LogP contribution is 2.34. The summed E-state index contributed by atoms with van der Waals surface area (Å²) >= 11 is 1.28. The third kappa shape index (κ3) is 23.1. The van der Waals surface area contributed by atoms with Crippen LogP contribution in [-0.4, -0.2) is 183 Å². The predicted molar refractivity (Wildman–Crippen MR) is 327 cm³/mol. The van der Waals surface area contributed by atoms with Crippen LogP contribution >= 0.6 is 11.3 Å². The fourth-order valence-corrected chi connectivity index (χ4v) is 9.85. The number of rotatable bonds is 38. The molecule has 84 heavy (non-hydrogen) atoms. The minimum atomic E-state index is -0.733. The van der Waals surface area contributed by atoms with E-state index in [-0.39, 0.29) is 24.1 Å². The summed E-state index contributed by atoms with van der Waals surface area (Å²) in [6.45, 7) is 19.9. The number of unbranched alkanes of at least 4 members (excludes halogenated alkanes) is 1. The Balaban J connectivity index is 0.664. The quantitative estimate of drug-likeness (QED) is 0.0255. The van der Waals surface area contributed by atoms with Crippen LogP contribution in [0.5, 0.6) is 11.5 Å². The predicted octanol–water partition coefficient (Wildman–Crippen LogP) is 7.79. The van der Waals surface area contributed by atoms with Crippen molar-refractivity contribution in [3.05, 3.63) is 149 Å². The summed E-state index contributed by atoms with van der Waals surface area (Å²) in [6, 6.07) is 21.7. The molecule has 3 aromatic carbocycles. The lowest BCUT2D eigenvalue weighted by Crippen LogP contribution is -2.47. The van der Waals surface area contributed by atoms with Gasteiger partial charge in [0.1, 0.15) is 24.1 Å². The second-order valence-corrected chi connectivity index (χ2v) is 22.1. The zero-order valence-electron chi connectivity index (χ0n) is 49.2. The van der Waals surface area contributed by atoms with Crippen molar-refractivity contribution in [2.75, 3.05) is 130 Å². The van der Waals surface area contributed by atoms with Gasteiger partial charge in [0.05, 0.1) is 70.6 Å². The summed E-state index contributed by atoms with van der Waals surface area (Å²) in [4.78, 5) is 65.7. The van der Waals surface area contributed by atoms with Gasteiger partial charge in [-0.2, -0.15) is 0 Å². The molecule has 5 amide bonds. The largest absolute Gasteiger partial charge is 0.494 e. The van der Waals surface area contributed by atoms with Gasteiger partial charge in [0.15, 0.2) is 5.13 Å². The highest BCUT2D eigenvalue weighted by atomic mass is 32.1. The van der Waals surface area contributed by atoms with Crippen LogP contribution < -0.4 is 25.4 Å². The molecule has 452 valence electrons. The first-order chi connectivity index (χ1) is 40.9. The molecule has 1 aliphatic carbocycles. The Morgan fingerprint density at radius 3 is 2.21 bits per heavy atom. The normalized spacial score (nSPS) is 14.0. The van der Waals surface area contributed by atoms with Crippen molar-refractivity contribution in [2.24, 2.45) is 5.92 Å². The van der Waals surface area contributed by atoms with E-state index in [0.717, 1.165) is 85.6 Å². The second-order valence-electron chi connectivity index (χ2n) is 21.2. The van der Waals surface area contributed by atoms with Gasteiger partial charge in [0.25, 0.3) is 0 Å². The Bertz CT molecular complexity index is 2850. The molecule has 0 spiro atoms. The SMILES string of the molecule is C=C/C=C(\C=C)CNC(=O)C(c1ccc(C)cc1)N(CC1CC1)C(=O)CCc1ccc(OCCCCN(C)CCOCCOCCc2cn(CCOCCOc3ccc(NC(=O)Nc4nc(CC(=O)N5CCN(C)CC5)cs4)cc3)nn2)cc1. The van der Waals surface area contributed by atoms with E-state index in [9.17, 15) is 19.2 Å². The van der Waals surface area contributed by atoms with Gasteiger partial charge in [-0.1, -0.05) is 78.6 Å². The van der Waals surface area contributed by atoms with E-state index in [1.165, 1.54) is 11.3 Å². The van der Waals surface area contributed by atoms with Gasteiger partial charge >= 0.3 is 6.03 Å². The summed E-state index contributed by atoms with van der Waals surface area (Å²) in [6.07, 6.45) is 12.8. The fraction of sp³-hybridized carbons (Fsp3) is 0.476. The molecule has 20 nitrogen and oxygen atoms in total. The summed E-state index contributed by atoms with van der Waals surface area (Å²) in [5.74, 6) is 1.66. The van der Waals surface area contributed by atoms with E-state index in [2.05, 4.69) is 61.3 Å². The standard InChI is InChI=1S/C63H85N11O9S/c1-6-10-49(7-2)44-64-61(77)60(52-18-11-48(3)12-19-52)74(45-51-13-14-51)58(75)26-17-50-15-22-56(23-16-50)82-35-9-8-28-70(4)33-37-80-40-39-79-36-27-54-46-73(69-68-54)34-38-81-41-42-83-57-24-20-53(21-25-57)65-62(78)67-63-66-55(47-84-63)43-59(76)72-31-29-71(5)30-32-72/h6-7,10-12,15-16,18-25,46-47,51,60H,1-2,8-9,13-14,17,26-45H2,3-5H3,(H,64,77)(H2,65,66,67,78)/b49-10+. The summed E-state index contributed by atoms with van der Waals surface area (Å²) < 4.78 is 31.0. The molecule has 3 N–H and O–H groups in total. The number of benzene rings is 3. The molecule has 21 heteroatoms. The topological polar surface area (TPSA) is 207 Å². The Morgan fingerprint density at radius 2 is 1.49 bits per heavy atom. The summed E-state index contributed by atoms with van der Waals surface area (Å²) in [5.41, 5.74) is 5.85. The van der Waals surface area contributed by atoms with E-state index in [4.69, 9.17) is 23.7 Å². The third-order valence-corrected chi connectivity index (χ3v) is 15.2. The number of piperazine rings is 1. The highest BCUT2D eigenvalue weighted by Gasteiger charge is 2.35. The number of thiazole rings is 1. The zero-order chi connectivity index (χ0) is 59.3. The number of anilines is 2. The van der Waals surface area contributed by atoms with Crippen LogP contribution in [0.2, 0.25) is 0 Å². The van der Waals surface area contributed by atoms with Gasteiger partial charge < -0.3 is 53.9 Å². The minimum absolute atomic E-state index is 0.0371. The van der Waals surface area contributed by atoms with Crippen LogP contribution in [0.3, 0.4) is 0 Å². The molecule has 0 radical (unpaired) electrons. The van der Waals surface area contributed by atoms with Crippen molar-refractivity contribution in [3.8, 4) is 11.5 Å². The number of hydrogen-bond acceptors (Lipinski definition) is 15. The number of carbonyl (C=O) groups excluding carboxylic acids is 4. The van der Waals surface area contributed by atoms with Gasteiger partial charge in [-0.05, 0) is 119 Å². The number of likely N-dealkylation sites (N-methyl/N-ethyl adjacent to an activating group) is 2. The maximum absolute atomic E-state index is 14.0. The van der Waals surface area contributed by atoms with Gasteiger partial charge in [0, 0.05) is 75.9 Å². The number of ether oxygens (including phenoxy) is 5. The lowest BCUT2D eigenvalue weighted by atomic mass is 10.0. The van der Waals surface area contributed by atoms with Crippen molar-refractivity contribution >= 4 is 45.9 Å². The maximum atomic E-state index is 14.0. The number of hydrogen-bond donors (Lipinski definition) is 3. The van der Waals surface area contributed by atoms with E-state index in [1.54, 1.807) is 51.4 Å². The van der Waals surface area contributed by atoms with E-state index in [0.29, 0.717) is 133 Å². The van der Waals surface area contributed by atoms with Gasteiger partial charge in [-0.3, -0.25) is 19.7 Å². The molecule has 1 aliphatic heterocycles. The molecule has 3 heterocycles. The molecule has 1 saturated heterocycles. The second kappa shape index (κ2) is 35.1. The highest BCUT2D eigenvalue weighted by molar-refractivity contribution is 7.14. The lowest BCUT2D eigenvalue weighted by Gasteiger charge is -2.32. The molecule has 2 fully saturated rings. The molecule has 1 unspecified atom stereocenters. The van der Waals surface area contributed by atoms with Crippen LogP contribution in [-0.2, 0) is 54.4 Å². The number of amides is 5. The molecule has 1 atom stereocenters. The summed E-state index contributed by atoms with van der Waals surface area (Å²) in [7, 11) is 4.15. The third-order valence-electron chi connectivity index (χ3n) is 14.4. The number of aryl methyl sites for hydroxylation is 2. The van der Waals surface area contributed by atoms with Gasteiger partial charge in [0.2, 0.25) is 17.7 Å². The Hall–Kier alpha value is -7.27. The van der Waals surface area contributed by atoms with Crippen molar-refractivity contribution in [2.45, 2.75) is 70.9 Å². The van der Waals surface area contributed by atoms with Crippen molar-refractivity contribution in [1.82, 2.24) is 44.9 Å². The lowest BCUT2D eigenvalue weighted by molar-refractivity contribution is -0.141. The van der Waals surface area contributed by atoms with Gasteiger partial charge in [-0.25, -0.2) is 14.5 Å². The molecule has 2 aromatic heterocycles. The molecule has 1 saturated carbocycles. The monoisotopic (exact) mass is 1170 g/mol. The van der Waals surface area contributed by atoms with Crippen molar-refractivity contribution in [3.63, 3.8) is 0 Å². The average Bonchev–Trinajstić information content (AvgIpc) is 4.19. The zero-order valence-corrected chi connectivity index (χ0v) is 50.0. The first kappa shape index (κ1) is 64.3. The molecule has 0 bridgehead atoms. The van der Waals surface area contributed by atoms with E-state index in [1.807, 2.05) is 79.7 Å². The molecule has 2 aliphatic rings. The molecule has 5 aromatic rings. The van der Waals surface area contributed by atoms with Crippen LogP contribution in [0.4, 0.5) is 15.6 Å². The van der Waals surface area contributed by atoms with Crippen LogP contribution in [0, 0.1) is 12.8 Å². The number of nitrogens with zero attached hydrogens (tertiary/aromatic N) is 8. The fourth-order valence-electron chi connectivity index (χ4n) is 9.14. The van der Waals surface area contributed by atoms with Gasteiger partial charge in [-0.15, -0.1) is 16.4 Å². The number of aromatic nitrogens is 4. The van der Waals surface area contributed by atoms with E-state index < -0.39 is 12.1 Å². The number of nitrogens with one attached hydrogen (secondary N) is 3. The van der Waals surface area contributed by atoms with Crippen LogP contribution in [0.25, 0.3) is 0 Å². The first-order valence-electron chi connectivity index (χ1n) is 29.2. The van der Waals surface area contributed by atoms with Crippen molar-refractivity contribution < 1.29 is 42.9 Å². The minimum Gasteiger partial charge on any atom is -0.494 e. The van der Waals surface area contributed by atoms with E-state index >= 15 is 0 Å². The van der Waals surface area contributed by atoms with Crippen molar-refractivity contribution in [1.29, 1.82) is 0 Å². The number of allylic oxidation sites excluding steroid dienone is 2. The smallest absolute Gasteiger partial charge is 0.325 e. The van der Waals surface area contributed by atoms with Crippen LogP contribution in [0.1, 0.15) is 66.2 Å². The Kier molecular flexibility index (Phi) is 26.9. The molecular weight excluding hydrogens is 1090 g/mol. The Morgan fingerprint density at radius 1 is 0.786 bits per heavy atom. The first-order valence-corrected chi connectivity index (χ1v) is 30.1. The summed E-state index contributed by atoms with van der Waals surface area (Å²) in [5, 5.41) is 19.3. The van der Waals surface area contributed by atoms with Crippen LogP contribution in [0.15, 0.2) is 121 Å². The Labute approximate surface area is 499 Å². The maximum Gasteiger partial charge on any atom is 0.325 e. The number of urea groups is 1. The molecule has 7 rings (SSSR count). The molecular formula is C63H85N11O9S. The number of carbonyl (C=O) groups is 4. The average molecular weight is 1170 g/mol.